The number of aliphatic hydroxyl groups is 1. The van der Waals surface area contributed by atoms with E-state index in [4.69, 9.17) is 27.9 Å². The second-order valence-corrected chi connectivity index (χ2v) is 6.17. The number of methoxy groups -OCH3 is 1. The zero-order valence-corrected chi connectivity index (χ0v) is 13.4. The molecule has 1 aromatic rings. The van der Waals surface area contributed by atoms with Crippen molar-refractivity contribution < 1.29 is 14.6 Å². The zero-order chi connectivity index (χ0) is 15.4. The summed E-state index contributed by atoms with van der Waals surface area (Å²) in [6.07, 6.45) is 3.30. The van der Waals surface area contributed by atoms with Crippen molar-refractivity contribution in [1.29, 1.82) is 0 Å². The first-order chi connectivity index (χ1) is 10.0. The number of carbonyl (C=O) groups is 1. The Morgan fingerprint density at radius 2 is 1.86 bits per heavy atom. The van der Waals surface area contributed by atoms with E-state index < -0.39 is 0 Å². The highest BCUT2D eigenvalue weighted by Gasteiger charge is 2.20. The summed E-state index contributed by atoms with van der Waals surface area (Å²) in [5.74, 6) is 0.588. The van der Waals surface area contributed by atoms with E-state index in [9.17, 15) is 9.90 Å². The van der Waals surface area contributed by atoms with Crippen LogP contribution in [-0.4, -0.2) is 30.8 Å². The highest BCUT2D eigenvalue weighted by atomic mass is 35.5. The van der Waals surface area contributed by atoms with Gasteiger partial charge in [0.05, 0.1) is 23.3 Å². The lowest BCUT2D eigenvalue weighted by atomic mass is 9.87. The van der Waals surface area contributed by atoms with Gasteiger partial charge in [-0.15, -0.1) is 0 Å². The molecule has 1 aliphatic carbocycles. The number of rotatable bonds is 4. The van der Waals surface area contributed by atoms with Crippen LogP contribution >= 0.6 is 23.2 Å². The van der Waals surface area contributed by atoms with Gasteiger partial charge in [-0.3, -0.25) is 4.79 Å². The summed E-state index contributed by atoms with van der Waals surface area (Å²) in [4.78, 5) is 12.1. The van der Waals surface area contributed by atoms with E-state index in [-0.39, 0.29) is 12.0 Å². The van der Waals surface area contributed by atoms with E-state index in [0.29, 0.717) is 33.8 Å². The summed E-state index contributed by atoms with van der Waals surface area (Å²) in [5, 5.41) is 13.0. The molecule has 1 aliphatic rings. The topological polar surface area (TPSA) is 58.6 Å². The van der Waals surface area contributed by atoms with E-state index >= 15 is 0 Å². The van der Waals surface area contributed by atoms with Crippen molar-refractivity contribution in [2.45, 2.75) is 31.8 Å². The largest absolute Gasteiger partial charge is 0.494 e. The number of hydrogen-bond acceptors (Lipinski definition) is 3. The van der Waals surface area contributed by atoms with Crippen LogP contribution in [0, 0.1) is 5.92 Å². The molecule has 4 nitrogen and oxygen atoms in total. The van der Waals surface area contributed by atoms with E-state index in [2.05, 4.69) is 5.32 Å². The highest BCUT2D eigenvalue weighted by Crippen LogP contribution is 2.33. The normalized spacial score (nSPS) is 21.9. The quantitative estimate of drug-likeness (QED) is 0.890. The fourth-order valence-electron chi connectivity index (χ4n) is 2.57. The average molecular weight is 332 g/mol. The minimum absolute atomic E-state index is 0.184. The van der Waals surface area contributed by atoms with Gasteiger partial charge < -0.3 is 15.2 Å². The molecule has 1 saturated carbocycles. The smallest absolute Gasteiger partial charge is 0.251 e. The maximum absolute atomic E-state index is 12.1. The van der Waals surface area contributed by atoms with Crippen LogP contribution in [0.1, 0.15) is 36.0 Å². The number of benzene rings is 1. The predicted molar refractivity (Wildman–Crippen MR) is 83.3 cm³/mol. The molecule has 2 N–H and O–H groups in total. The fourth-order valence-corrected chi connectivity index (χ4v) is 3.22. The number of nitrogens with one attached hydrogen (secondary N) is 1. The van der Waals surface area contributed by atoms with Crippen LogP contribution < -0.4 is 10.1 Å². The van der Waals surface area contributed by atoms with Crippen molar-refractivity contribution >= 4 is 29.1 Å². The second kappa shape index (κ2) is 7.34. The molecule has 1 fully saturated rings. The third kappa shape index (κ3) is 4.25. The number of hydrogen-bond donors (Lipinski definition) is 2. The zero-order valence-electron chi connectivity index (χ0n) is 11.9. The summed E-state index contributed by atoms with van der Waals surface area (Å²) < 4.78 is 5.06. The molecule has 21 heavy (non-hydrogen) atoms. The van der Waals surface area contributed by atoms with Gasteiger partial charge in [0, 0.05) is 12.1 Å². The summed E-state index contributed by atoms with van der Waals surface area (Å²) >= 11 is 12.1. The minimum Gasteiger partial charge on any atom is -0.494 e. The van der Waals surface area contributed by atoms with Crippen LogP contribution in [0.3, 0.4) is 0 Å². The van der Waals surface area contributed by atoms with E-state index in [0.717, 1.165) is 25.7 Å². The van der Waals surface area contributed by atoms with E-state index in [1.54, 1.807) is 12.1 Å². The first-order valence-corrected chi connectivity index (χ1v) is 7.76. The molecule has 0 unspecified atom stereocenters. The first kappa shape index (κ1) is 16.4. The molecule has 0 radical (unpaired) electrons. The molecular formula is C15H19Cl2NO3. The maximum Gasteiger partial charge on any atom is 0.251 e. The molecule has 0 spiro atoms. The number of halogens is 2. The minimum atomic E-state index is -0.201. The van der Waals surface area contributed by atoms with Gasteiger partial charge in [0.25, 0.3) is 5.91 Å². The molecule has 0 atom stereocenters. The molecule has 1 aromatic carbocycles. The molecule has 1 amide bonds. The first-order valence-electron chi connectivity index (χ1n) is 7.00. The van der Waals surface area contributed by atoms with E-state index in [1.165, 1.54) is 7.11 Å². The molecule has 0 aliphatic heterocycles. The van der Waals surface area contributed by atoms with Gasteiger partial charge in [-0.2, -0.15) is 0 Å². The SMILES string of the molecule is COc1c(Cl)cc(C(=O)NCC2CCC(O)CC2)cc1Cl. The van der Waals surface area contributed by atoms with Crippen molar-refractivity contribution in [3.63, 3.8) is 0 Å². The fraction of sp³-hybridized carbons (Fsp3) is 0.533. The monoisotopic (exact) mass is 331 g/mol. The van der Waals surface area contributed by atoms with Gasteiger partial charge in [-0.1, -0.05) is 23.2 Å². The number of amides is 1. The van der Waals surface area contributed by atoms with Crippen LogP contribution in [-0.2, 0) is 0 Å². The highest BCUT2D eigenvalue weighted by molar-refractivity contribution is 6.37. The Kier molecular flexibility index (Phi) is 5.73. The average Bonchev–Trinajstić information content (AvgIpc) is 2.46. The van der Waals surface area contributed by atoms with Crippen LogP contribution in [0.25, 0.3) is 0 Å². The standard InChI is InChI=1S/C15H19Cl2NO3/c1-21-14-12(16)6-10(7-13(14)17)15(20)18-8-9-2-4-11(19)5-3-9/h6-7,9,11,19H,2-5,8H2,1H3,(H,18,20). The van der Waals surface area contributed by atoms with Gasteiger partial charge in [-0.05, 0) is 43.7 Å². The van der Waals surface area contributed by atoms with Gasteiger partial charge in [0.2, 0.25) is 0 Å². The van der Waals surface area contributed by atoms with Crippen molar-refractivity contribution in [2.24, 2.45) is 5.92 Å². The third-order valence-corrected chi connectivity index (χ3v) is 4.39. The Balaban J connectivity index is 1.94. The van der Waals surface area contributed by atoms with Gasteiger partial charge in [0.1, 0.15) is 0 Å². The lowest BCUT2D eigenvalue weighted by Gasteiger charge is -2.25. The van der Waals surface area contributed by atoms with Crippen LogP contribution in [0.2, 0.25) is 10.0 Å². The van der Waals surface area contributed by atoms with Crippen molar-refractivity contribution in [3.8, 4) is 5.75 Å². The van der Waals surface area contributed by atoms with E-state index in [1.807, 2.05) is 0 Å². The Morgan fingerprint density at radius 1 is 1.29 bits per heavy atom. The molecule has 2 rings (SSSR count). The van der Waals surface area contributed by atoms with Gasteiger partial charge in [-0.25, -0.2) is 0 Å². The van der Waals surface area contributed by atoms with Crippen molar-refractivity contribution in [1.82, 2.24) is 5.32 Å². The summed E-state index contributed by atoms with van der Waals surface area (Å²) in [5.41, 5.74) is 0.418. The Bertz CT molecular complexity index is 491. The summed E-state index contributed by atoms with van der Waals surface area (Å²) in [6.45, 7) is 0.604. The third-order valence-electron chi connectivity index (χ3n) is 3.83. The van der Waals surface area contributed by atoms with Crippen molar-refractivity contribution in [2.75, 3.05) is 13.7 Å². The molecule has 0 heterocycles. The predicted octanol–water partition coefficient (Wildman–Crippen LogP) is 3.28. The molecule has 0 bridgehead atoms. The molecule has 0 aromatic heterocycles. The van der Waals surface area contributed by atoms with Crippen LogP contribution in [0.4, 0.5) is 0 Å². The Labute approximate surface area is 134 Å². The summed E-state index contributed by atoms with van der Waals surface area (Å²) in [7, 11) is 1.48. The van der Waals surface area contributed by atoms with Crippen LogP contribution in [0.5, 0.6) is 5.75 Å². The molecule has 116 valence electrons. The number of carbonyl (C=O) groups excluding carboxylic acids is 1. The maximum atomic E-state index is 12.1. The Morgan fingerprint density at radius 3 is 2.38 bits per heavy atom. The molecule has 0 saturated heterocycles. The Hall–Kier alpha value is -0.970. The lowest BCUT2D eigenvalue weighted by molar-refractivity contribution is 0.0910. The van der Waals surface area contributed by atoms with Crippen molar-refractivity contribution in [3.05, 3.63) is 27.7 Å². The van der Waals surface area contributed by atoms with Gasteiger partial charge in [0.15, 0.2) is 5.75 Å². The molecule has 6 heteroatoms. The van der Waals surface area contributed by atoms with Gasteiger partial charge >= 0.3 is 0 Å². The lowest BCUT2D eigenvalue weighted by Crippen LogP contribution is -2.32. The number of aliphatic hydroxyl groups excluding tert-OH is 1. The number of ether oxygens (including phenoxy) is 1. The second-order valence-electron chi connectivity index (χ2n) is 5.36. The van der Waals surface area contributed by atoms with Crippen LogP contribution in [0.15, 0.2) is 12.1 Å². The summed E-state index contributed by atoms with van der Waals surface area (Å²) in [6, 6.07) is 3.10. The molecular weight excluding hydrogens is 313 g/mol.